The summed E-state index contributed by atoms with van der Waals surface area (Å²) in [7, 11) is 0. The lowest BCUT2D eigenvalue weighted by molar-refractivity contribution is -0.121. The summed E-state index contributed by atoms with van der Waals surface area (Å²) < 4.78 is 0. The highest BCUT2D eigenvalue weighted by Gasteiger charge is 2.28. The van der Waals surface area contributed by atoms with Gasteiger partial charge in [0.2, 0.25) is 5.91 Å². The lowest BCUT2D eigenvalue weighted by Gasteiger charge is -2.34. The van der Waals surface area contributed by atoms with E-state index in [0.29, 0.717) is 11.0 Å². The highest BCUT2D eigenvalue weighted by Crippen LogP contribution is 2.28. The summed E-state index contributed by atoms with van der Waals surface area (Å²) in [5.41, 5.74) is 2.26. The number of carbonyl (C=O) groups is 1. The summed E-state index contributed by atoms with van der Waals surface area (Å²) in [5.74, 6) is 0.574. The Morgan fingerprint density at radius 1 is 1.43 bits per heavy atom. The fourth-order valence-electron chi connectivity index (χ4n) is 3.01. The van der Waals surface area contributed by atoms with Crippen molar-refractivity contribution < 1.29 is 4.79 Å². The average molecular weight is 333 g/mol. The first-order valence-corrected chi connectivity index (χ1v) is 8.84. The summed E-state index contributed by atoms with van der Waals surface area (Å²) >= 11 is 1.53. The van der Waals surface area contributed by atoms with E-state index in [4.69, 9.17) is 0 Å². The molecular weight excluding hydrogens is 310 g/mol. The molecule has 7 heteroatoms. The second-order valence-electron chi connectivity index (χ2n) is 6.17. The molecule has 1 fully saturated rings. The first kappa shape index (κ1) is 16.1. The second-order valence-corrected chi connectivity index (χ2v) is 7.37. The van der Waals surface area contributed by atoms with Gasteiger partial charge in [0, 0.05) is 11.1 Å². The highest BCUT2D eigenvalue weighted by atomic mass is 32.1. The highest BCUT2D eigenvalue weighted by molar-refractivity contribution is 7.15. The number of carbonyl (C=O) groups excluding carboxylic acids is 1. The Morgan fingerprint density at radius 3 is 2.74 bits per heavy atom. The number of H-pyrrole nitrogens is 1. The molecule has 3 heterocycles. The smallest absolute Gasteiger partial charge is 0.243 e. The van der Waals surface area contributed by atoms with Crippen LogP contribution in [0, 0.1) is 13.8 Å². The van der Waals surface area contributed by atoms with E-state index in [2.05, 4.69) is 25.4 Å². The Labute approximate surface area is 140 Å². The second kappa shape index (κ2) is 6.80. The molecule has 1 atom stereocenters. The van der Waals surface area contributed by atoms with Gasteiger partial charge in [0.05, 0.1) is 17.9 Å². The number of aryl methyl sites for hydroxylation is 2. The van der Waals surface area contributed by atoms with Crippen LogP contribution in [0.1, 0.15) is 41.8 Å². The van der Waals surface area contributed by atoms with Crippen molar-refractivity contribution in [3.8, 4) is 0 Å². The third kappa shape index (κ3) is 3.61. The number of rotatable bonds is 4. The molecule has 2 N–H and O–H groups in total. The molecule has 1 unspecified atom stereocenters. The molecule has 1 amide bonds. The maximum Gasteiger partial charge on any atom is 0.243 e. The van der Waals surface area contributed by atoms with Gasteiger partial charge >= 0.3 is 0 Å². The van der Waals surface area contributed by atoms with E-state index in [-0.39, 0.29) is 11.9 Å². The standard InChI is InChI=1S/C16H23N5OS/c1-10-12(3)23-16(19-10)20-15(22)11(2)21-6-4-13(5-7-21)14-8-17-18-9-14/h8-9,11,13H,4-7H2,1-3H3,(H,17,18)(H,19,20,22). The maximum atomic E-state index is 12.4. The Balaban J connectivity index is 1.54. The minimum Gasteiger partial charge on any atom is -0.301 e. The first-order chi connectivity index (χ1) is 11.0. The maximum absolute atomic E-state index is 12.4. The van der Waals surface area contributed by atoms with Crippen molar-refractivity contribution in [2.45, 2.75) is 45.6 Å². The van der Waals surface area contributed by atoms with Crippen molar-refractivity contribution in [2.24, 2.45) is 0 Å². The van der Waals surface area contributed by atoms with Crippen LogP contribution in [0.5, 0.6) is 0 Å². The molecule has 0 radical (unpaired) electrons. The molecule has 3 rings (SSSR count). The quantitative estimate of drug-likeness (QED) is 0.902. The van der Waals surface area contributed by atoms with E-state index in [0.717, 1.165) is 36.5 Å². The van der Waals surface area contributed by atoms with Crippen LogP contribution in [-0.4, -0.2) is 45.1 Å². The van der Waals surface area contributed by atoms with Crippen molar-refractivity contribution in [2.75, 3.05) is 18.4 Å². The molecule has 2 aromatic rings. The Hall–Kier alpha value is -1.73. The molecule has 0 spiro atoms. The third-order valence-electron chi connectivity index (χ3n) is 4.71. The Kier molecular flexibility index (Phi) is 4.77. The van der Waals surface area contributed by atoms with E-state index in [9.17, 15) is 4.79 Å². The van der Waals surface area contributed by atoms with Crippen LogP contribution in [-0.2, 0) is 4.79 Å². The normalized spacial score (nSPS) is 18.0. The van der Waals surface area contributed by atoms with E-state index < -0.39 is 0 Å². The van der Waals surface area contributed by atoms with Crippen molar-refractivity contribution >= 4 is 22.4 Å². The number of piperidine rings is 1. The van der Waals surface area contributed by atoms with Crippen molar-refractivity contribution in [3.63, 3.8) is 0 Å². The van der Waals surface area contributed by atoms with Gasteiger partial charge in [-0.15, -0.1) is 11.3 Å². The number of nitrogens with one attached hydrogen (secondary N) is 2. The molecular formula is C16H23N5OS. The Bertz CT molecular complexity index is 639. The van der Waals surface area contributed by atoms with Gasteiger partial charge in [0.1, 0.15) is 0 Å². The third-order valence-corrected chi connectivity index (χ3v) is 5.69. The monoisotopic (exact) mass is 333 g/mol. The molecule has 1 saturated heterocycles. The zero-order valence-corrected chi connectivity index (χ0v) is 14.6. The number of amides is 1. The van der Waals surface area contributed by atoms with Gasteiger partial charge in [-0.05, 0) is 58.2 Å². The number of thiazole rings is 1. The van der Waals surface area contributed by atoms with Gasteiger partial charge in [0.15, 0.2) is 5.13 Å². The molecule has 1 aliphatic rings. The number of aromatic nitrogens is 3. The van der Waals surface area contributed by atoms with E-state index >= 15 is 0 Å². The molecule has 23 heavy (non-hydrogen) atoms. The average Bonchev–Trinajstić information content (AvgIpc) is 3.17. The Morgan fingerprint density at radius 2 is 2.17 bits per heavy atom. The van der Waals surface area contributed by atoms with Gasteiger partial charge < -0.3 is 5.32 Å². The van der Waals surface area contributed by atoms with E-state index in [1.807, 2.05) is 33.2 Å². The predicted molar refractivity (Wildman–Crippen MR) is 91.8 cm³/mol. The zero-order valence-electron chi connectivity index (χ0n) is 13.8. The van der Waals surface area contributed by atoms with Gasteiger partial charge in [-0.1, -0.05) is 0 Å². The lowest BCUT2D eigenvalue weighted by Crippen LogP contribution is -2.45. The van der Waals surface area contributed by atoms with Crippen LogP contribution in [0.15, 0.2) is 12.4 Å². The van der Waals surface area contributed by atoms with Gasteiger partial charge in [-0.2, -0.15) is 5.10 Å². The topological polar surface area (TPSA) is 73.9 Å². The van der Waals surface area contributed by atoms with Crippen LogP contribution in [0.4, 0.5) is 5.13 Å². The molecule has 6 nitrogen and oxygen atoms in total. The van der Waals surface area contributed by atoms with Crippen LogP contribution in [0.3, 0.4) is 0 Å². The van der Waals surface area contributed by atoms with E-state index in [1.54, 1.807) is 0 Å². The van der Waals surface area contributed by atoms with Gasteiger partial charge in [-0.3, -0.25) is 14.8 Å². The largest absolute Gasteiger partial charge is 0.301 e. The molecule has 0 aliphatic carbocycles. The zero-order chi connectivity index (χ0) is 16.4. The minimum atomic E-state index is -0.134. The number of nitrogens with zero attached hydrogens (tertiary/aromatic N) is 3. The van der Waals surface area contributed by atoms with Crippen LogP contribution in [0.2, 0.25) is 0 Å². The summed E-state index contributed by atoms with van der Waals surface area (Å²) in [6.07, 6.45) is 6.01. The summed E-state index contributed by atoms with van der Waals surface area (Å²) in [4.78, 5) is 20.2. The van der Waals surface area contributed by atoms with Gasteiger partial charge in [0.25, 0.3) is 0 Å². The summed E-state index contributed by atoms with van der Waals surface area (Å²) in [6, 6.07) is -0.134. The number of anilines is 1. The summed E-state index contributed by atoms with van der Waals surface area (Å²) in [5, 5.41) is 10.6. The molecule has 0 aromatic carbocycles. The molecule has 1 aliphatic heterocycles. The van der Waals surface area contributed by atoms with Crippen LogP contribution >= 0.6 is 11.3 Å². The lowest BCUT2D eigenvalue weighted by atomic mass is 9.91. The fraction of sp³-hybridized carbons (Fsp3) is 0.562. The summed E-state index contributed by atoms with van der Waals surface area (Å²) in [6.45, 7) is 7.82. The predicted octanol–water partition coefficient (Wildman–Crippen LogP) is 2.69. The van der Waals surface area contributed by atoms with Gasteiger partial charge in [-0.25, -0.2) is 4.98 Å². The number of hydrogen-bond acceptors (Lipinski definition) is 5. The molecule has 124 valence electrons. The molecule has 0 bridgehead atoms. The first-order valence-electron chi connectivity index (χ1n) is 8.02. The number of likely N-dealkylation sites (tertiary alicyclic amines) is 1. The van der Waals surface area contributed by atoms with Crippen molar-refractivity contribution in [3.05, 3.63) is 28.5 Å². The molecule has 0 saturated carbocycles. The number of aromatic amines is 1. The molecule has 2 aromatic heterocycles. The minimum absolute atomic E-state index is 0.0283. The van der Waals surface area contributed by atoms with Crippen LogP contribution in [0.25, 0.3) is 0 Å². The van der Waals surface area contributed by atoms with Crippen molar-refractivity contribution in [1.29, 1.82) is 0 Å². The van der Waals surface area contributed by atoms with Crippen LogP contribution < -0.4 is 5.32 Å². The van der Waals surface area contributed by atoms with E-state index in [1.165, 1.54) is 16.9 Å². The fourth-order valence-corrected chi connectivity index (χ4v) is 3.82. The van der Waals surface area contributed by atoms with Crippen molar-refractivity contribution in [1.82, 2.24) is 20.1 Å². The number of hydrogen-bond donors (Lipinski definition) is 2. The SMILES string of the molecule is Cc1nc(NC(=O)C(C)N2CCC(c3cn[nH]c3)CC2)sc1C.